The molecule has 1 fully saturated rings. The summed E-state index contributed by atoms with van der Waals surface area (Å²) in [6, 6.07) is 6.40. The molecule has 1 aromatic heterocycles. The molecule has 160 valence electrons. The Morgan fingerprint density at radius 1 is 1.28 bits per heavy atom. The lowest BCUT2D eigenvalue weighted by atomic mass is 10.0. The van der Waals surface area contributed by atoms with E-state index in [-0.39, 0.29) is 0 Å². The Bertz CT molecular complexity index is 765. The first-order chi connectivity index (χ1) is 14.3. The molecule has 0 aliphatic carbocycles. The summed E-state index contributed by atoms with van der Waals surface area (Å²) in [7, 11) is 0. The van der Waals surface area contributed by atoms with E-state index >= 15 is 0 Å². The van der Waals surface area contributed by atoms with Crippen LogP contribution in [0.3, 0.4) is 0 Å². The molecule has 29 heavy (non-hydrogen) atoms. The van der Waals surface area contributed by atoms with Gasteiger partial charge in [-0.05, 0) is 62.6 Å². The number of hydrogen-bond donors (Lipinski definition) is 3. The normalized spacial score (nSPS) is 15.7. The van der Waals surface area contributed by atoms with Gasteiger partial charge in [0.15, 0.2) is 5.96 Å². The van der Waals surface area contributed by atoms with Gasteiger partial charge in [0.05, 0.1) is 0 Å². The number of nitrogens with one attached hydrogen (secondary N) is 3. The van der Waals surface area contributed by atoms with Gasteiger partial charge in [0.1, 0.15) is 0 Å². The molecule has 1 aliphatic rings. The third-order valence-electron chi connectivity index (χ3n) is 5.44. The lowest BCUT2D eigenvalue weighted by molar-refractivity contribution is 0.0205. The standard InChI is InChI=1S/C23H36N4O2/c1-3-24-23(25-11-5-13-29-17-19-9-14-28-15-10-19)26-12-8-20-16-27-21-7-4-6-18(2)22(20)21/h4,6-7,16,19,27H,3,5,8-15,17H2,1-2H3,(H2,24,25,26). The quantitative estimate of drug-likeness (QED) is 0.325. The van der Waals surface area contributed by atoms with Crippen molar-refractivity contribution in [3.63, 3.8) is 0 Å². The van der Waals surface area contributed by atoms with Crippen molar-refractivity contribution in [3.05, 3.63) is 35.5 Å². The van der Waals surface area contributed by atoms with Crippen LogP contribution in [-0.2, 0) is 15.9 Å². The smallest absolute Gasteiger partial charge is 0.191 e. The second-order valence-electron chi connectivity index (χ2n) is 7.73. The van der Waals surface area contributed by atoms with Crippen LogP contribution < -0.4 is 10.6 Å². The topological polar surface area (TPSA) is 70.7 Å². The number of aliphatic imine (C=N–C) groups is 1. The molecule has 0 spiro atoms. The minimum absolute atomic E-state index is 0.666. The Balaban J connectivity index is 1.37. The van der Waals surface area contributed by atoms with E-state index < -0.39 is 0 Å². The fourth-order valence-corrected chi connectivity index (χ4v) is 3.83. The number of guanidine groups is 1. The van der Waals surface area contributed by atoms with E-state index in [1.54, 1.807) is 0 Å². The summed E-state index contributed by atoms with van der Waals surface area (Å²) in [4.78, 5) is 8.06. The number of ether oxygens (including phenoxy) is 2. The van der Waals surface area contributed by atoms with Gasteiger partial charge in [-0.1, -0.05) is 12.1 Å². The SMILES string of the molecule is CCNC(=NCCCOCC1CCOCC1)NCCc1c[nH]c2cccc(C)c12. The second-order valence-corrected chi connectivity index (χ2v) is 7.73. The zero-order valence-electron chi connectivity index (χ0n) is 17.9. The van der Waals surface area contributed by atoms with Crippen LogP contribution in [0, 0.1) is 12.8 Å². The van der Waals surface area contributed by atoms with Crippen LogP contribution >= 0.6 is 0 Å². The molecule has 0 amide bonds. The predicted molar refractivity (Wildman–Crippen MR) is 120 cm³/mol. The number of aromatic nitrogens is 1. The van der Waals surface area contributed by atoms with Gasteiger partial charge in [0.2, 0.25) is 0 Å². The van der Waals surface area contributed by atoms with Crippen molar-refractivity contribution >= 4 is 16.9 Å². The number of aromatic amines is 1. The van der Waals surface area contributed by atoms with Gasteiger partial charge in [-0.15, -0.1) is 0 Å². The average molecular weight is 401 g/mol. The van der Waals surface area contributed by atoms with E-state index in [9.17, 15) is 0 Å². The Morgan fingerprint density at radius 3 is 2.97 bits per heavy atom. The largest absolute Gasteiger partial charge is 0.381 e. The number of nitrogens with zero attached hydrogens (tertiary/aromatic N) is 1. The zero-order chi connectivity index (χ0) is 20.3. The summed E-state index contributed by atoms with van der Waals surface area (Å²) in [5, 5.41) is 8.13. The lowest BCUT2D eigenvalue weighted by Crippen LogP contribution is -2.38. The second kappa shape index (κ2) is 11.8. The first kappa shape index (κ1) is 21.7. The van der Waals surface area contributed by atoms with Crippen LogP contribution in [0.1, 0.15) is 37.3 Å². The molecule has 2 aromatic rings. The Kier molecular flexibility index (Phi) is 8.83. The van der Waals surface area contributed by atoms with Gasteiger partial charge < -0.3 is 25.1 Å². The number of benzene rings is 1. The molecule has 0 bridgehead atoms. The summed E-state index contributed by atoms with van der Waals surface area (Å²) in [6.45, 7) is 10.1. The van der Waals surface area contributed by atoms with E-state index in [2.05, 4.69) is 58.9 Å². The maximum absolute atomic E-state index is 5.83. The third kappa shape index (κ3) is 6.75. The molecule has 1 aliphatic heterocycles. The van der Waals surface area contributed by atoms with E-state index in [0.717, 1.165) is 77.7 Å². The molecule has 3 rings (SSSR count). The van der Waals surface area contributed by atoms with E-state index in [1.807, 2.05) is 0 Å². The molecule has 1 aromatic carbocycles. The molecule has 2 heterocycles. The van der Waals surface area contributed by atoms with Gasteiger partial charge in [-0.3, -0.25) is 4.99 Å². The molecule has 6 nitrogen and oxygen atoms in total. The van der Waals surface area contributed by atoms with Crippen LogP contribution in [0.15, 0.2) is 29.4 Å². The molecule has 0 unspecified atom stereocenters. The molecule has 1 saturated heterocycles. The van der Waals surface area contributed by atoms with Crippen LogP contribution in [0.2, 0.25) is 0 Å². The molecule has 0 atom stereocenters. The maximum atomic E-state index is 5.83. The van der Waals surface area contributed by atoms with Gasteiger partial charge >= 0.3 is 0 Å². The first-order valence-electron chi connectivity index (χ1n) is 11.0. The summed E-state index contributed by atoms with van der Waals surface area (Å²) in [5.41, 5.74) is 3.88. The number of rotatable bonds is 10. The summed E-state index contributed by atoms with van der Waals surface area (Å²) < 4.78 is 11.2. The average Bonchev–Trinajstić information content (AvgIpc) is 3.16. The van der Waals surface area contributed by atoms with Crippen LogP contribution in [0.4, 0.5) is 0 Å². The van der Waals surface area contributed by atoms with Crippen molar-refractivity contribution in [2.75, 3.05) is 46.1 Å². The van der Waals surface area contributed by atoms with Gasteiger partial charge in [-0.2, -0.15) is 0 Å². The van der Waals surface area contributed by atoms with Crippen molar-refractivity contribution in [1.82, 2.24) is 15.6 Å². The zero-order valence-corrected chi connectivity index (χ0v) is 17.9. The van der Waals surface area contributed by atoms with E-state index in [4.69, 9.17) is 9.47 Å². The Labute approximate surface area is 174 Å². The molecule has 3 N–H and O–H groups in total. The van der Waals surface area contributed by atoms with Crippen molar-refractivity contribution in [3.8, 4) is 0 Å². The minimum atomic E-state index is 0.666. The molecular weight excluding hydrogens is 364 g/mol. The Hall–Kier alpha value is -2.05. The van der Waals surface area contributed by atoms with Gasteiger partial charge in [-0.25, -0.2) is 0 Å². The maximum Gasteiger partial charge on any atom is 0.191 e. The number of hydrogen-bond acceptors (Lipinski definition) is 3. The highest BCUT2D eigenvalue weighted by Crippen LogP contribution is 2.22. The molecule has 6 heteroatoms. The van der Waals surface area contributed by atoms with Crippen molar-refractivity contribution in [2.45, 2.75) is 39.5 Å². The molecule has 0 radical (unpaired) electrons. The minimum Gasteiger partial charge on any atom is -0.381 e. The summed E-state index contributed by atoms with van der Waals surface area (Å²) in [5.74, 6) is 1.55. The number of aryl methyl sites for hydroxylation is 1. The van der Waals surface area contributed by atoms with E-state index in [0.29, 0.717) is 5.92 Å². The highest BCUT2D eigenvalue weighted by molar-refractivity contribution is 5.86. The number of H-pyrrole nitrogens is 1. The fraction of sp³-hybridized carbons (Fsp3) is 0.609. The summed E-state index contributed by atoms with van der Waals surface area (Å²) >= 11 is 0. The van der Waals surface area contributed by atoms with Crippen LogP contribution in [0.5, 0.6) is 0 Å². The summed E-state index contributed by atoms with van der Waals surface area (Å²) in [6.07, 6.45) is 6.29. The monoisotopic (exact) mass is 400 g/mol. The number of fused-ring (bicyclic) bond motifs is 1. The van der Waals surface area contributed by atoms with E-state index in [1.165, 1.54) is 22.0 Å². The molecule has 0 saturated carbocycles. The van der Waals surface area contributed by atoms with Crippen LogP contribution in [-0.4, -0.2) is 57.0 Å². The highest BCUT2D eigenvalue weighted by atomic mass is 16.5. The predicted octanol–water partition coefficient (Wildman–Crippen LogP) is 3.41. The van der Waals surface area contributed by atoms with Crippen molar-refractivity contribution in [1.29, 1.82) is 0 Å². The highest BCUT2D eigenvalue weighted by Gasteiger charge is 2.13. The van der Waals surface area contributed by atoms with Crippen molar-refractivity contribution < 1.29 is 9.47 Å². The van der Waals surface area contributed by atoms with Crippen LogP contribution in [0.25, 0.3) is 10.9 Å². The van der Waals surface area contributed by atoms with Gasteiger partial charge in [0.25, 0.3) is 0 Å². The lowest BCUT2D eigenvalue weighted by Gasteiger charge is -2.21. The first-order valence-corrected chi connectivity index (χ1v) is 11.0. The van der Waals surface area contributed by atoms with Gasteiger partial charge in [0, 0.05) is 63.2 Å². The third-order valence-corrected chi connectivity index (χ3v) is 5.44. The van der Waals surface area contributed by atoms with Crippen molar-refractivity contribution in [2.24, 2.45) is 10.9 Å². The molecular formula is C23H36N4O2. The Morgan fingerprint density at radius 2 is 2.14 bits per heavy atom. The fourth-order valence-electron chi connectivity index (χ4n) is 3.83.